The summed E-state index contributed by atoms with van der Waals surface area (Å²) in [6, 6.07) is 5.99. The van der Waals surface area contributed by atoms with Crippen LogP contribution in [0, 0.1) is 6.92 Å². The molecule has 0 saturated heterocycles. The number of aliphatic hydroxyl groups excluding tert-OH is 1. The molecule has 0 atom stereocenters. The Labute approximate surface area is 84.8 Å². The molecule has 0 spiro atoms. The Hall–Kier alpha value is -1.28. The van der Waals surface area contributed by atoms with E-state index < -0.39 is 0 Å². The van der Waals surface area contributed by atoms with Gasteiger partial charge in [-0.25, -0.2) is 0 Å². The molecule has 0 aliphatic carbocycles. The lowest BCUT2D eigenvalue weighted by atomic mass is 10.1. The number of aryl methyl sites for hydroxylation is 1. The Kier molecular flexibility index (Phi) is 4.20. The number of aliphatic hydroxyl groups is 1. The molecule has 0 bridgehead atoms. The highest BCUT2D eigenvalue weighted by Crippen LogP contribution is 2.21. The number of allylic oxidation sites excluding steroid dienone is 1. The molecule has 2 nitrogen and oxygen atoms in total. The first-order chi connectivity index (χ1) is 6.77. The normalized spacial score (nSPS) is 10.8. The molecular formula is C12H16O2. The minimum atomic E-state index is 0.0448. The minimum absolute atomic E-state index is 0.0448. The van der Waals surface area contributed by atoms with Crippen LogP contribution in [0.1, 0.15) is 18.1 Å². The molecule has 14 heavy (non-hydrogen) atoms. The molecule has 0 aliphatic rings. The van der Waals surface area contributed by atoms with Gasteiger partial charge in [0.05, 0.1) is 6.61 Å². The second-order valence-electron chi connectivity index (χ2n) is 3.11. The van der Waals surface area contributed by atoms with Crippen LogP contribution in [-0.2, 0) is 0 Å². The van der Waals surface area contributed by atoms with E-state index in [0.717, 1.165) is 11.3 Å². The first kappa shape index (κ1) is 10.8. The Bertz CT molecular complexity index is 316. The molecule has 1 rings (SSSR count). The standard InChI is InChI=1S/C12H16O2/c1-3-4-11-9-10(2)5-6-12(11)14-8-7-13/h3-6,9,13H,7-8H2,1-2H3. The Morgan fingerprint density at radius 1 is 1.43 bits per heavy atom. The molecule has 0 radical (unpaired) electrons. The summed E-state index contributed by atoms with van der Waals surface area (Å²) in [5.74, 6) is 0.822. The second kappa shape index (κ2) is 5.45. The van der Waals surface area contributed by atoms with Crippen LogP contribution in [0.25, 0.3) is 6.08 Å². The fourth-order valence-electron chi connectivity index (χ4n) is 1.26. The molecular weight excluding hydrogens is 176 g/mol. The van der Waals surface area contributed by atoms with Crippen molar-refractivity contribution in [3.63, 3.8) is 0 Å². The average Bonchev–Trinajstić information content (AvgIpc) is 2.17. The third-order valence-corrected chi connectivity index (χ3v) is 1.86. The summed E-state index contributed by atoms with van der Waals surface area (Å²) in [6.45, 7) is 4.40. The largest absolute Gasteiger partial charge is 0.491 e. The molecule has 0 aliphatic heterocycles. The molecule has 2 heteroatoms. The van der Waals surface area contributed by atoms with E-state index in [1.807, 2.05) is 38.1 Å². The zero-order valence-electron chi connectivity index (χ0n) is 8.66. The maximum absolute atomic E-state index is 8.66. The van der Waals surface area contributed by atoms with E-state index in [1.54, 1.807) is 0 Å². The summed E-state index contributed by atoms with van der Waals surface area (Å²) in [5.41, 5.74) is 2.26. The maximum Gasteiger partial charge on any atom is 0.126 e. The molecule has 1 aromatic carbocycles. The van der Waals surface area contributed by atoms with Gasteiger partial charge in [0.25, 0.3) is 0 Å². The summed E-state index contributed by atoms with van der Waals surface area (Å²) >= 11 is 0. The van der Waals surface area contributed by atoms with Crippen LogP contribution in [0.5, 0.6) is 5.75 Å². The molecule has 1 N–H and O–H groups in total. The predicted octanol–water partition coefficient (Wildman–Crippen LogP) is 2.40. The van der Waals surface area contributed by atoms with Crippen LogP contribution in [0.3, 0.4) is 0 Å². The molecule has 0 heterocycles. The monoisotopic (exact) mass is 192 g/mol. The van der Waals surface area contributed by atoms with Gasteiger partial charge < -0.3 is 9.84 Å². The van der Waals surface area contributed by atoms with Crippen molar-refractivity contribution in [3.05, 3.63) is 35.4 Å². The zero-order valence-corrected chi connectivity index (χ0v) is 8.66. The van der Waals surface area contributed by atoms with Crippen LogP contribution in [0.2, 0.25) is 0 Å². The van der Waals surface area contributed by atoms with Gasteiger partial charge in [0.15, 0.2) is 0 Å². The fourth-order valence-corrected chi connectivity index (χ4v) is 1.26. The lowest BCUT2D eigenvalue weighted by Crippen LogP contribution is -2.02. The first-order valence-electron chi connectivity index (χ1n) is 4.75. The third kappa shape index (κ3) is 2.89. The van der Waals surface area contributed by atoms with E-state index in [4.69, 9.17) is 9.84 Å². The van der Waals surface area contributed by atoms with Gasteiger partial charge in [0, 0.05) is 5.56 Å². The molecule has 76 valence electrons. The van der Waals surface area contributed by atoms with Crippen molar-refractivity contribution >= 4 is 6.08 Å². The molecule has 0 saturated carbocycles. The molecule has 0 aromatic heterocycles. The van der Waals surface area contributed by atoms with E-state index in [0.29, 0.717) is 6.61 Å². The smallest absolute Gasteiger partial charge is 0.126 e. The van der Waals surface area contributed by atoms with Gasteiger partial charge in [-0.3, -0.25) is 0 Å². The highest BCUT2D eigenvalue weighted by molar-refractivity contribution is 5.58. The number of benzene rings is 1. The van der Waals surface area contributed by atoms with E-state index in [-0.39, 0.29) is 6.61 Å². The van der Waals surface area contributed by atoms with Gasteiger partial charge in [-0.15, -0.1) is 0 Å². The van der Waals surface area contributed by atoms with Crippen molar-refractivity contribution in [3.8, 4) is 5.75 Å². The Morgan fingerprint density at radius 3 is 2.86 bits per heavy atom. The van der Waals surface area contributed by atoms with Crippen molar-refractivity contribution in [2.24, 2.45) is 0 Å². The van der Waals surface area contributed by atoms with Crippen LogP contribution in [0.15, 0.2) is 24.3 Å². The quantitative estimate of drug-likeness (QED) is 0.793. The summed E-state index contributed by atoms with van der Waals surface area (Å²) in [5, 5.41) is 8.66. The number of ether oxygens (including phenoxy) is 1. The summed E-state index contributed by atoms with van der Waals surface area (Å²) < 4.78 is 5.39. The van der Waals surface area contributed by atoms with E-state index in [9.17, 15) is 0 Å². The van der Waals surface area contributed by atoms with E-state index >= 15 is 0 Å². The van der Waals surface area contributed by atoms with Crippen LogP contribution >= 0.6 is 0 Å². The lowest BCUT2D eigenvalue weighted by Gasteiger charge is -2.08. The molecule has 1 aromatic rings. The van der Waals surface area contributed by atoms with Gasteiger partial charge in [-0.1, -0.05) is 23.8 Å². The van der Waals surface area contributed by atoms with Crippen molar-refractivity contribution in [2.75, 3.05) is 13.2 Å². The predicted molar refractivity (Wildman–Crippen MR) is 58.5 cm³/mol. The number of hydrogen-bond acceptors (Lipinski definition) is 2. The summed E-state index contributed by atoms with van der Waals surface area (Å²) in [4.78, 5) is 0. The highest BCUT2D eigenvalue weighted by atomic mass is 16.5. The Morgan fingerprint density at radius 2 is 2.21 bits per heavy atom. The number of hydrogen-bond donors (Lipinski definition) is 1. The lowest BCUT2D eigenvalue weighted by molar-refractivity contribution is 0.201. The highest BCUT2D eigenvalue weighted by Gasteiger charge is 2.00. The summed E-state index contributed by atoms with van der Waals surface area (Å²) in [6.07, 6.45) is 3.97. The fraction of sp³-hybridized carbons (Fsp3) is 0.333. The van der Waals surface area contributed by atoms with Gasteiger partial charge in [-0.2, -0.15) is 0 Å². The van der Waals surface area contributed by atoms with Crippen molar-refractivity contribution in [1.82, 2.24) is 0 Å². The van der Waals surface area contributed by atoms with Gasteiger partial charge in [0.1, 0.15) is 12.4 Å². The van der Waals surface area contributed by atoms with Crippen molar-refractivity contribution in [1.29, 1.82) is 0 Å². The minimum Gasteiger partial charge on any atom is -0.491 e. The molecule has 0 amide bonds. The van der Waals surface area contributed by atoms with Crippen molar-refractivity contribution < 1.29 is 9.84 Å². The van der Waals surface area contributed by atoms with Crippen LogP contribution in [0.4, 0.5) is 0 Å². The second-order valence-corrected chi connectivity index (χ2v) is 3.11. The SMILES string of the molecule is CC=Cc1cc(C)ccc1OCCO. The molecule has 0 fully saturated rings. The number of rotatable bonds is 4. The molecule has 0 unspecified atom stereocenters. The zero-order chi connectivity index (χ0) is 10.4. The van der Waals surface area contributed by atoms with E-state index in [2.05, 4.69) is 6.07 Å². The van der Waals surface area contributed by atoms with Crippen molar-refractivity contribution in [2.45, 2.75) is 13.8 Å². The topological polar surface area (TPSA) is 29.5 Å². The summed E-state index contributed by atoms with van der Waals surface area (Å²) in [7, 11) is 0. The third-order valence-electron chi connectivity index (χ3n) is 1.86. The first-order valence-corrected chi connectivity index (χ1v) is 4.75. The Balaban J connectivity index is 2.90. The van der Waals surface area contributed by atoms with Crippen LogP contribution < -0.4 is 4.74 Å². The van der Waals surface area contributed by atoms with Gasteiger partial charge in [-0.05, 0) is 26.0 Å². The average molecular weight is 192 g/mol. The maximum atomic E-state index is 8.66. The van der Waals surface area contributed by atoms with Crippen LogP contribution in [-0.4, -0.2) is 18.3 Å². The van der Waals surface area contributed by atoms with Gasteiger partial charge in [0.2, 0.25) is 0 Å². The van der Waals surface area contributed by atoms with E-state index in [1.165, 1.54) is 5.56 Å². The van der Waals surface area contributed by atoms with Gasteiger partial charge >= 0.3 is 0 Å².